The van der Waals surface area contributed by atoms with Gasteiger partial charge in [0.1, 0.15) is 0 Å². The summed E-state index contributed by atoms with van der Waals surface area (Å²) in [5.74, 6) is -0.257. The van der Waals surface area contributed by atoms with Gasteiger partial charge in [-0.15, -0.1) is 0 Å². The lowest BCUT2D eigenvalue weighted by molar-refractivity contribution is 0.124. The van der Waals surface area contributed by atoms with Crippen molar-refractivity contribution in [3.63, 3.8) is 0 Å². The van der Waals surface area contributed by atoms with Gasteiger partial charge in [-0.3, -0.25) is 0 Å². The summed E-state index contributed by atoms with van der Waals surface area (Å²) in [6, 6.07) is 4.12. The summed E-state index contributed by atoms with van der Waals surface area (Å²) in [5.41, 5.74) is 0. The van der Waals surface area contributed by atoms with Crippen LogP contribution in [0.5, 0.6) is 0 Å². The first kappa shape index (κ1) is 16.5. The number of aliphatic hydroxyl groups excluding tert-OH is 2. The molecule has 0 aliphatic heterocycles. The molecule has 0 aliphatic rings. The highest BCUT2D eigenvalue weighted by atomic mass is 16.3. The van der Waals surface area contributed by atoms with E-state index in [1.54, 1.807) is 13.8 Å². The first-order valence-electron chi connectivity index (χ1n) is 6.05. The van der Waals surface area contributed by atoms with Crippen LogP contribution in [0.4, 0.5) is 0 Å². The molecular weight excluding hydrogens is 232 g/mol. The Morgan fingerprint density at radius 3 is 1.44 bits per heavy atom. The summed E-state index contributed by atoms with van der Waals surface area (Å²) < 4.78 is 0. The van der Waals surface area contributed by atoms with Crippen molar-refractivity contribution in [3.8, 4) is 12.1 Å². The molecule has 0 unspecified atom stereocenters. The molecule has 100 valence electrons. The number of azo groups is 1. The van der Waals surface area contributed by atoms with Gasteiger partial charge >= 0.3 is 0 Å². The maximum Gasteiger partial charge on any atom is 0.165 e. The fraction of sp³-hybridized carbons (Fsp3) is 0.833. The van der Waals surface area contributed by atoms with Crippen molar-refractivity contribution in [1.29, 1.82) is 10.5 Å². The number of nitrogens with zero attached hydrogens (tertiary/aromatic N) is 4. The van der Waals surface area contributed by atoms with Crippen LogP contribution in [0.25, 0.3) is 0 Å². The second kappa shape index (κ2) is 9.52. The maximum absolute atomic E-state index is 9.43. The van der Waals surface area contributed by atoms with Crippen LogP contribution in [0.15, 0.2) is 10.2 Å². The van der Waals surface area contributed by atoms with Crippen molar-refractivity contribution in [1.82, 2.24) is 0 Å². The van der Waals surface area contributed by atoms with Gasteiger partial charge in [-0.05, 0) is 39.5 Å². The van der Waals surface area contributed by atoms with Gasteiger partial charge in [0.2, 0.25) is 0 Å². The van der Waals surface area contributed by atoms with E-state index in [-0.39, 0.29) is 11.8 Å². The monoisotopic (exact) mass is 252 g/mol. The Labute approximate surface area is 108 Å². The summed E-state index contributed by atoms with van der Waals surface area (Å²) in [6.07, 6.45) is -0.192. The standard InChI is InChI=1S/C12H20N4O2/c1-9(7-13)3-5-11(17)15-16-12(18)6-4-10(2)8-14/h9-12,17-18H,3-6H2,1-2H3/t9-,10-,11-,12-/m0/s1. The van der Waals surface area contributed by atoms with Crippen molar-refractivity contribution in [2.75, 3.05) is 0 Å². The first-order valence-corrected chi connectivity index (χ1v) is 6.05. The molecule has 0 bridgehead atoms. The van der Waals surface area contributed by atoms with Gasteiger partial charge in [-0.1, -0.05) is 0 Å². The molecule has 0 spiro atoms. The molecule has 0 fully saturated rings. The first-order chi connectivity index (χ1) is 8.49. The summed E-state index contributed by atoms with van der Waals surface area (Å²) in [5, 5.41) is 43.1. The van der Waals surface area contributed by atoms with Crippen molar-refractivity contribution in [3.05, 3.63) is 0 Å². The van der Waals surface area contributed by atoms with Crippen LogP contribution in [0.1, 0.15) is 39.5 Å². The number of hydrogen-bond acceptors (Lipinski definition) is 6. The van der Waals surface area contributed by atoms with E-state index in [0.717, 1.165) is 0 Å². The minimum Gasteiger partial charge on any atom is -0.370 e. The molecule has 6 heteroatoms. The Morgan fingerprint density at radius 2 is 1.17 bits per heavy atom. The lowest BCUT2D eigenvalue weighted by atomic mass is 10.1. The zero-order chi connectivity index (χ0) is 14.0. The average molecular weight is 252 g/mol. The predicted octanol–water partition coefficient (Wildman–Crippen LogP) is 1.96. The van der Waals surface area contributed by atoms with Gasteiger partial charge in [0.25, 0.3) is 0 Å². The molecule has 4 atom stereocenters. The molecule has 2 N–H and O–H groups in total. The van der Waals surface area contributed by atoms with Crippen LogP contribution >= 0.6 is 0 Å². The molecule has 0 radical (unpaired) electrons. The Balaban J connectivity index is 3.85. The summed E-state index contributed by atoms with van der Waals surface area (Å²) in [7, 11) is 0. The van der Waals surface area contributed by atoms with Gasteiger partial charge in [0, 0.05) is 11.8 Å². The number of rotatable bonds is 8. The molecule has 6 nitrogen and oxygen atoms in total. The number of nitriles is 2. The molecule has 18 heavy (non-hydrogen) atoms. The zero-order valence-electron chi connectivity index (χ0n) is 10.8. The normalized spacial score (nSPS) is 17.7. The number of hydrogen-bond donors (Lipinski definition) is 2. The zero-order valence-corrected chi connectivity index (χ0v) is 10.8. The highest BCUT2D eigenvalue weighted by Gasteiger charge is 2.08. The third kappa shape index (κ3) is 8.63. The molecule has 0 saturated heterocycles. The number of aliphatic hydroxyl groups is 2. The van der Waals surface area contributed by atoms with Crippen LogP contribution in [0.2, 0.25) is 0 Å². The fourth-order valence-corrected chi connectivity index (χ4v) is 1.20. The van der Waals surface area contributed by atoms with Crippen LogP contribution in [-0.2, 0) is 0 Å². The lowest BCUT2D eigenvalue weighted by Crippen LogP contribution is -2.08. The molecule has 0 aromatic carbocycles. The molecule has 0 heterocycles. The second-order valence-corrected chi connectivity index (χ2v) is 4.41. The SMILES string of the molecule is C[C@H](C#N)CC[C@H](O)N=N[C@@H](O)CC[C@H](C)C#N. The molecule has 0 aromatic rings. The Bertz CT molecular complexity index is 300. The van der Waals surface area contributed by atoms with Gasteiger partial charge in [-0.25, -0.2) is 0 Å². The summed E-state index contributed by atoms with van der Waals surface area (Å²) in [4.78, 5) is 0. The quantitative estimate of drug-likeness (QED) is 0.643. The van der Waals surface area contributed by atoms with Gasteiger partial charge < -0.3 is 10.2 Å². The van der Waals surface area contributed by atoms with E-state index in [1.807, 2.05) is 0 Å². The van der Waals surface area contributed by atoms with Crippen LogP contribution in [0.3, 0.4) is 0 Å². The van der Waals surface area contributed by atoms with Crippen LogP contribution in [0, 0.1) is 34.5 Å². The Morgan fingerprint density at radius 1 is 0.833 bits per heavy atom. The Hall–Kier alpha value is -1.50. The third-order valence-electron chi connectivity index (χ3n) is 2.49. The molecule has 0 saturated carbocycles. The van der Waals surface area contributed by atoms with E-state index >= 15 is 0 Å². The summed E-state index contributed by atoms with van der Waals surface area (Å²) >= 11 is 0. The van der Waals surface area contributed by atoms with E-state index in [9.17, 15) is 10.2 Å². The molecule has 0 aliphatic carbocycles. The van der Waals surface area contributed by atoms with Crippen molar-refractivity contribution >= 4 is 0 Å². The Kier molecular flexibility index (Phi) is 8.73. The highest BCUT2D eigenvalue weighted by molar-refractivity contribution is 4.79. The van der Waals surface area contributed by atoms with Crippen LogP contribution in [-0.4, -0.2) is 22.7 Å². The van der Waals surface area contributed by atoms with Crippen molar-refractivity contribution < 1.29 is 10.2 Å². The van der Waals surface area contributed by atoms with Gasteiger partial charge in [0.15, 0.2) is 12.5 Å². The second-order valence-electron chi connectivity index (χ2n) is 4.41. The van der Waals surface area contributed by atoms with Gasteiger partial charge in [-0.2, -0.15) is 20.8 Å². The van der Waals surface area contributed by atoms with Crippen molar-refractivity contribution in [2.24, 2.45) is 22.1 Å². The molecular formula is C12H20N4O2. The third-order valence-corrected chi connectivity index (χ3v) is 2.49. The van der Waals surface area contributed by atoms with Crippen molar-refractivity contribution in [2.45, 2.75) is 52.0 Å². The van der Waals surface area contributed by atoms with E-state index in [4.69, 9.17) is 10.5 Å². The van der Waals surface area contributed by atoms with E-state index in [0.29, 0.717) is 25.7 Å². The minimum atomic E-state index is -0.983. The largest absolute Gasteiger partial charge is 0.370 e. The topological polar surface area (TPSA) is 113 Å². The maximum atomic E-state index is 9.43. The smallest absolute Gasteiger partial charge is 0.165 e. The average Bonchev–Trinajstić information content (AvgIpc) is 2.39. The molecule has 0 rings (SSSR count). The summed E-state index contributed by atoms with van der Waals surface area (Å²) in [6.45, 7) is 3.53. The predicted molar refractivity (Wildman–Crippen MR) is 64.9 cm³/mol. The van der Waals surface area contributed by atoms with Gasteiger partial charge in [0.05, 0.1) is 12.1 Å². The highest BCUT2D eigenvalue weighted by Crippen LogP contribution is 2.10. The fourth-order valence-electron chi connectivity index (χ4n) is 1.20. The molecule has 0 aromatic heterocycles. The molecule has 0 amide bonds. The lowest BCUT2D eigenvalue weighted by Gasteiger charge is -2.08. The van der Waals surface area contributed by atoms with Crippen LogP contribution < -0.4 is 0 Å². The van der Waals surface area contributed by atoms with E-state index < -0.39 is 12.5 Å². The van der Waals surface area contributed by atoms with E-state index in [1.165, 1.54) is 0 Å². The minimum absolute atomic E-state index is 0.128. The van der Waals surface area contributed by atoms with E-state index in [2.05, 4.69) is 22.4 Å².